The monoisotopic (exact) mass is 309 g/mol. The second-order valence-corrected chi connectivity index (χ2v) is 5.56. The molecule has 0 radical (unpaired) electrons. The summed E-state index contributed by atoms with van der Waals surface area (Å²) >= 11 is 7.64. The summed E-state index contributed by atoms with van der Waals surface area (Å²) < 4.78 is 6.78. The molecule has 0 atom stereocenters. The predicted molar refractivity (Wildman–Crippen MR) is 79.1 cm³/mol. The molecule has 0 spiro atoms. The SMILES string of the molecule is COCCc1nnc2sc(-c3ccc(N)cc3Cl)nn12. The Morgan fingerprint density at radius 3 is 3.00 bits per heavy atom. The van der Waals surface area contributed by atoms with Gasteiger partial charge >= 0.3 is 0 Å². The van der Waals surface area contributed by atoms with Gasteiger partial charge < -0.3 is 10.5 Å². The van der Waals surface area contributed by atoms with Crippen molar-refractivity contribution < 1.29 is 4.74 Å². The molecule has 2 heterocycles. The standard InChI is InChI=1S/C12H12ClN5OS/c1-19-5-4-10-15-16-12-18(10)17-11(20-12)8-3-2-7(14)6-9(8)13/h2-3,6H,4-5,14H2,1H3. The zero-order valence-corrected chi connectivity index (χ0v) is 12.3. The van der Waals surface area contributed by atoms with Gasteiger partial charge in [0.05, 0.1) is 11.6 Å². The van der Waals surface area contributed by atoms with Gasteiger partial charge in [-0.1, -0.05) is 22.9 Å². The van der Waals surface area contributed by atoms with E-state index >= 15 is 0 Å². The number of benzene rings is 1. The van der Waals surface area contributed by atoms with E-state index in [9.17, 15) is 0 Å². The molecule has 1 aromatic carbocycles. The van der Waals surface area contributed by atoms with Crippen molar-refractivity contribution in [1.82, 2.24) is 19.8 Å². The summed E-state index contributed by atoms with van der Waals surface area (Å²) in [6.07, 6.45) is 0.663. The topological polar surface area (TPSA) is 78.3 Å². The lowest BCUT2D eigenvalue weighted by Gasteiger charge is -2.00. The molecule has 2 aromatic heterocycles. The maximum absolute atomic E-state index is 6.20. The molecule has 20 heavy (non-hydrogen) atoms. The minimum atomic E-state index is 0.577. The highest BCUT2D eigenvalue weighted by Gasteiger charge is 2.14. The average Bonchev–Trinajstić information content (AvgIpc) is 2.97. The first kappa shape index (κ1) is 13.3. The Labute approximate surface area is 124 Å². The number of rotatable bonds is 4. The molecule has 0 saturated heterocycles. The maximum Gasteiger partial charge on any atom is 0.234 e. The fraction of sp³-hybridized carbons (Fsp3) is 0.250. The largest absolute Gasteiger partial charge is 0.399 e. The molecule has 0 aliphatic rings. The lowest BCUT2D eigenvalue weighted by Crippen LogP contribution is -2.01. The van der Waals surface area contributed by atoms with Gasteiger partial charge in [-0.05, 0) is 18.2 Å². The van der Waals surface area contributed by atoms with Crippen LogP contribution in [0.25, 0.3) is 15.5 Å². The van der Waals surface area contributed by atoms with Crippen LogP contribution >= 0.6 is 22.9 Å². The van der Waals surface area contributed by atoms with E-state index in [2.05, 4.69) is 15.3 Å². The van der Waals surface area contributed by atoms with Crippen molar-refractivity contribution >= 4 is 33.6 Å². The first-order valence-corrected chi connectivity index (χ1v) is 7.14. The van der Waals surface area contributed by atoms with E-state index in [0.29, 0.717) is 23.7 Å². The highest BCUT2D eigenvalue weighted by Crippen LogP contribution is 2.32. The Bertz CT molecular complexity index is 753. The van der Waals surface area contributed by atoms with Crippen LogP contribution in [0.15, 0.2) is 18.2 Å². The predicted octanol–water partition coefficient (Wildman–Crippen LogP) is 2.28. The molecule has 2 N–H and O–H groups in total. The van der Waals surface area contributed by atoms with E-state index in [0.717, 1.165) is 21.4 Å². The van der Waals surface area contributed by atoms with Crippen molar-refractivity contribution in [2.45, 2.75) is 6.42 Å². The van der Waals surface area contributed by atoms with Crippen LogP contribution in [-0.4, -0.2) is 33.5 Å². The van der Waals surface area contributed by atoms with Crippen molar-refractivity contribution in [3.63, 3.8) is 0 Å². The number of nitrogens with two attached hydrogens (primary N) is 1. The number of nitrogen functional groups attached to an aromatic ring is 1. The summed E-state index contributed by atoms with van der Waals surface area (Å²) in [4.78, 5) is 0.735. The van der Waals surface area contributed by atoms with Crippen molar-refractivity contribution in [3.8, 4) is 10.6 Å². The van der Waals surface area contributed by atoms with Crippen LogP contribution in [0, 0.1) is 0 Å². The number of hydrogen-bond donors (Lipinski definition) is 1. The van der Waals surface area contributed by atoms with Crippen molar-refractivity contribution in [1.29, 1.82) is 0 Å². The number of hydrogen-bond acceptors (Lipinski definition) is 6. The lowest BCUT2D eigenvalue weighted by molar-refractivity contribution is 0.200. The van der Waals surface area contributed by atoms with Gasteiger partial charge in [-0.2, -0.15) is 9.61 Å². The molecule has 3 aromatic rings. The molecule has 0 saturated carbocycles. The van der Waals surface area contributed by atoms with Crippen molar-refractivity contribution in [3.05, 3.63) is 29.0 Å². The molecule has 0 bridgehead atoms. The quantitative estimate of drug-likeness (QED) is 0.748. The van der Waals surface area contributed by atoms with Crippen molar-refractivity contribution in [2.75, 3.05) is 19.5 Å². The zero-order valence-electron chi connectivity index (χ0n) is 10.7. The minimum absolute atomic E-state index is 0.577. The third-order valence-corrected chi connectivity index (χ3v) is 4.05. The number of aromatic nitrogens is 4. The van der Waals surface area contributed by atoms with Crippen LogP contribution in [0.5, 0.6) is 0 Å². The molecule has 0 unspecified atom stereocenters. The number of nitrogens with zero attached hydrogens (tertiary/aromatic N) is 4. The van der Waals surface area contributed by atoms with Crippen LogP contribution in [0.2, 0.25) is 5.02 Å². The fourth-order valence-corrected chi connectivity index (χ4v) is 3.05. The van der Waals surface area contributed by atoms with Gasteiger partial charge in [-0.15, -0.1) is 10.2 Å². The Morgan fingerprint density at radius 2 is 2.25 bits per heavy atom. The third-order valence-electron chi connectivity index (χ3n) is 2.81. The molecule has 0 aliphatic heterocycles. The van der Waals surface area contributed by atoms with E-state index in [1.54, 1.807) is 23.8 Å². The molecular weight excluding hydrogens is 298 g/mol. The summed E-state index contributed by atoms with van der Waals surface area (Å²) in [6, 6.07) is 5.37. The first-order valence-electron chi connectivity index (χ1n) is 5.94. The number of anilines is 1. The highest BCUT2D eigenvalue weighted by atomic mass is 35.5. The number of fused-ring (bicyclic) bond motifs is 1. The van der Waals surface area contributed by atoms with Crippen LogP contribution in [0.1, 0.15) is 5.82 Å². The third kappa shape index (κ3) is 2.35. The average molecular weight is 310 g/mol. The van der Waals surface area contributed by atoms with Gasteiger partial charge in [-0.25, -0.2) is 0 Å². The zero-order chi connectivity index (χ0) is 14.1. The molecule has 3 rings (SSSR count). The highest BCUT2D eigenvalue weighted by molar-refractivity contribution is 7.19. The van der Waals surface area contributed by atoms with Crippen LogP contribution in [-0.2, 0) is 11.2 Å². The number of methoxy groups -OCH3 is 1. The Hall–Kier alpha value is -1.70. The van der Waals surface area contributed by atoms with E-state index < -0.39 is 0 Å². The molecule has 6 nitrogen and oxygen atoms in total. The normalized spacial score (nSPS) is 11.3. The number of ether oxygens (including phenoxy) is 1. The van der Waals surface area contributed by atoms with Gasteiger partial charge in [0.1, 0.15) is 5.01 Å². The van der Waals surface area contributed by atoms with E-state index in [-0.39, 0.29) is 0 Å². The fourth-order valence-electron chi connectivity index (χ4n) is 1.82. The van der Waals surface area contributed by atoms with E-state index in [4.69, 9.17) is 22.1 Å². The Balaban J connectivity index is 2.02. The van der Waals surface area contributed by atoms with Crippen LogP contribution in [0.3, 0.4) is 0 Å². The van der Waals surface area contributed by atoms with Crippen LogP contribution in [0.4, 0.5) is 5.69 Å². The Kier molecular flexibility index (Phi) is 3.56. The summed E-state index contributed by atoms with van der Waals surface area (Å²) in [5.41, 5.74) is 7.17. The maximum atomic E-state index is 6.20. The van der Waals surface area contributed by atoms with Gasteiger partial charge in [0, 0.05) is 24.8 Å². The van der Waals surface area contributed by atoms with E-state index in [1.165, 1.54) is 11.3 Å². The van der Waals surface area contributed by atoms with Crippen molar-refractivity contribution in [2.24, 2.45) is 0 Å². The number of halogens is 1. The Morgan fingerprint density at radius 1 is 1.40 bits per heavy atom. The molecule has 0 amide bonds. The van der Waals surface area contributed by atoms with E-state index in [1.807, 2.05) is 6.07 Å². The summed E-state index contributed by atoms with van der Waals surface area (Å²) in [6.45, 7) is 0.580. The first-order chi connectivity index (χ1) is 9.69. The van der Waals surface area contributed by atoms with Gasteiger partial charge in [0.2, 0.25) is 4.96 Å². The molecule has 104 valence electrons. The second kappa shape index (κ2) is 5.35. The van der Waals surface area contributed by atoms with Gasteiger partial charge in [-0.3, -0.25) is 0 Å². The minimum Gasteiger partial charge on any atom is -0.399 e. The summed E-state index contributed by atoms with van der Waals surface area (Å²) in [5, 5.41) is 14.1. The second-order valence-electron chi connectivity index (χ2n) is 4.20. The molecule has 0 aliphatic carbocycles. The molecular formula is C12H12ClN5OS. The smallest absolute Gasteiger partial charge is 0.234 e. The van der Waals surface area contributed by atoms with Gasteiger partial charge in [0.15, 0.2) is 5.82 Å². The van der Waals surface area contributed by atoms with Crippen LogP contribution < -0.4 is 5.73 Å². The molecule has 8 heteroatoms. The lowest BCUT2D eigenvalue weighted by atomic mass is 10.2. The summed E-state index contributed by atoms with van der Waals surface area (Å²) in [5.74, 6) is 0.774. The van der Waals surface area contributed by atoms with Gasteiger partial charge in [0.25, 0.3) is 0 Å². The summed E-state index contributed by atoms with van der Waals surface area (Å²) in [7, 11) is 1.65. The molecule has 0 fully saturated rings.